The Balaban J connectivity index is 2.59. The first kappa shape index (κ1) is 21.8. The van der Waals surface area contributed by atoms with Crippen molar-refractivity contribution in [3.63, 3.8) is 0 Å². The van der Waals surface area contributed by atoms with E-state index in [1.165, 1.54) is 0 Å². The van der Waals surface area contributed by atoms with Crippen LogP contribution in [0.4, 0.5) is 0 Å². The van der Waals surface area contributed by atoms with Crippen molar-refractivity contribution in [3.05, 3.63) is 34.4 Å². The molecular weight excluding hydrogens is 359 g/mol. The molecule has 1 saturated carbocycles. The number of ketones is 1. The van der Waals surface area contributed by atoms with Gasteiger partial charge in [-0.3, -0.25) is 14.2 Å². The molecule has 2 unspecified atom stereocenters. The average molecular weight is 390 g/mol. The first-order valence-corrected chi connectivity index (χ1v) is 10.8. The lowest BCUT2D eigenvalue weighted by Crippen LogP contribution is -2.51. The van der Waals surface area contributed by atoms with Gasteiger partial charge in [0.15, 0.2) is 14.2 Å². The summed E-state index contributed by atoms with van der Waals surface area (Å²) < 4.78 is 18.1. The van der Waals surface area contributed by atoms with Gasteiger partial charge in [-0.15, -0.1) is 0 Å². The van der Waals surface area contributed by atoms with E-state index >= 15 is 0 Å². The highest BCUT2D eigenvalue weighted by Gasteiger charge is 2.55. The van der Waals surface area contributed by atoms with Gasteiger partial charge in [0.1, 0.15) is 0 Å². The van der Waals surface area contributed by atoms with Crippen molar-refractivity contribution in [2.75, 3.05) is 0 Å². The maximum atomic E-state index is 13.8. The van der Waals surface area contributed by atoms with E-state index in [1.807, 2.05) is 39.8 Å². The molecular formula is C22H31O4P. The lowest BCUT2D eigenvalue weighted by Gasteiger charge is -2.35. The molecule has 0 spiro atoms. The molecule has 148 valence electrons. The summed E-state index contributed by atoms with van der Waals surface area (Å²) in [4.78, 5) is 27.0. The number of carbonyl (C=O) groups excluding carboxylic acids is 2. The van der Waals surface area contributed by atoms with Crippen molar-refractivity contribution in [2.45, 2.75) is 84.4 Å². The fraction of sp³-hybridized carbons (Fsp3) is 0.636. The molecule has 0 amide bonds. The van der Waals surface area contributed by atoms with E-state index in [0.29, 0.717) is 12.0 Å². The van der Waals surface area contributed by atoms with E-state index in [0.717, 1.165) is 48.8 Å². The van der Waals surface area contributed by atoms with Crippen molar-refractivity contribution in [2.24, 2.45) is 5.92 Å². The number of carbonyl (C=O) groups is 2. The summed E-state index contributed by atoms with van der Waals surface area (Å²) in [6, 6.07) is 3.88. The Morgan fingerprint density at radius 1 is 1.15 bits per heavy atom. The van der Waals surface area contributed by atoms with E-state index in [1.54, 1.807) is 6.92 Å². The molecule has 4 nitrogen and oxygen atoms in total. The number of benzene rings is 1. The van der Waals surface area contributed by atoms with Crippen molar-refractivity contribution < 1.29 is 18.9 Å². The summed E-state index contributed by atoms with van der Waals surface area (Å²) >= 11 is 0. The molecule has 1 fully saturated rings. The molecule has 0 aromatic heterocycles. The number of ether oxygens (including phenoxy) is 1. The molecule has 1 aliphatic rings. The average Bonchev–Trinajstić information content (AvgIpc) is 2.62. The van der Waals surface area contributed by atoms with Crippen LogP contribution in [0.3, 0.4) is 0 Å². The second-order valence-corrected chi connectivity index (χ2v) is 8.81. The number of hydrogen-bond acceptors (Lipinski definition) is 4. The molecule has 0 aliphatic heterocycles. The fourth-order valence-corrected chi connectivity index (χ4v) is 4.93. The molecule has 0 bridgehead atoms. The maximum Gasteiger partial charge on any atom is 0.332 e. The lowest BCUT2D eigenvalue weighted by atomic mass is 9.74. The predicted molar refractivity (Wildman–Crippen MR) is 108 cm³/mol. The first-order chi connectivity index (χ1) is 12.8. The van der Waals surface area contributed by atoms with E-state index in [2.05, 4.69) is 0 Å². The summed E-state index contributed by atoms with van der Waals surface area (Å²) in [6.45, 7) is 9.45. The molecule has 0 radical (unpaired) electrons. The Hall–Kier alpha value is -1.54. The Morgan fingerprint density at radius 3 is 2.19 bits per heavy atom. The quantitative estimate of drug-likeness (QED) is 0.257. The van der Waals surface area contributed by atoms with Gasteiger partial charge < -0.3 is 4.74 Å². The minimum absolute atomic E-state index is 0.255. The molecule has 0 saturated heterocycles. The number of esters is 1. The summed E-state index contributed by atoms with van der Waals surface area (Å²) in [7, 11) is -0.456. The fourth-order valence-electron chi connectivity index (χ4n) is 4.20. The molecule has 5 heteroatoms. The topological polar surface area (TPSA) is 60.4 Å². The van der Waals surface area contributed by atoms with Crippen LogP contribution in [0.15, 0.2) is 12.1 Å². The molecule has 2 rings (SSSR count). The minimum atomic E-state index is -1.64. The zero-order chi connectivity index (χ0) is 20.2. The minimum Gasteiger partial charge on any atom is -0.461 e. The highest BCUT2D eigenvalue weighted by Crippen LogP contribution is 2.45. The van der Waals surface area contributed by atoms with Gasteiger partial charge in [-0.2, -0.15) is 0 Å². The number of hydrogen-bond donors (Lipinski definition) is 0. The van der Waals surface area contributed by atoms with Gasteiger partial charge in [-0.25, -0.2) is 0 Å². The van der Waals surface area contributed by atoms with Gasteiger partial charge in [0, 0.05) is 5.56 Å². The first-order valence-electron chi connectivity index (χ1n) is 9.96. The molecule has 0 N–H and O–H groups in total. The predicted octanol–water partition coefficient (Wildman–Crippen LogP) is 5.75. The Kier molecular flexibility index (Phi) is 7.33. The van der Waals surface area contributed by atoms with Crippen LogP contribution in [-0.4, -0.2) is 23.0 Å². The normalized spacial score (nSPS) is 18.7. The highest BCUT2D eigenvalue weighted by molar-refractivity contribution is 7.30. The summed E-state index contributed by atoms with van der Waals surface area (Å²) in [5.41, 5.74) is 3.21. The smallest absolute Gasteiger partial charge is 0.332 e. The van der Waals surface area contributed by atoms with Crippen LogP contribution in [0.5, 0.6) is 0 Å². The van der Waals surface area contributed by atoms with Crippen LogP contribution >= 0.6 is 8.46 Å². The third-order valence-electron chi connectivity index (χ3n) is 5.78. The van der Waals surface area contributed by atoms with Crippen LogP contribution < -0.4 is 0 Å². The molecule has 27 heavy (non-hydrogen) atoms. The number of rotatable bonds is 7. The van der Waals surface area contributed by atoms with Crippen molar-refractivity contribution in [1.29, 1.82) is 0 Å². The summed E-state index contributed by atoms with van der Waals surface area (Å²) in [6.07, 6.45) is 4.75. The monoisotopic (exact) mass is 390 g/mol. The van der Waals surface area contributed by atoms with Crippen LogP contribution in [0, 0.1) is 26.7 Å². The second kappa shape index (κ2) is 9.10. The molecule has 1 aromatic rings. The van der Waals surface area contributed by atoms with E-state index in [4.69, 9.17) is 4.74 Å². The Bertz CT molecular complexity index is 698. The van der Waals surface area contributed by atoms with Crippen LogP contribution in [0.25, 0.3) is 0 Å². The second-order valence-electron chi connectivity index (χ2n) is 7.92. The molecule has 2 atom stereocenters. The van der Waals surface area contributed by atoms with E-state index in [-0.39, 0.29) is 17.8 Å². The van der Waals surface area contributed by atoms with Gasteiger partial charge in [-0.1, -0.05) is 43.9 Å². The SMILES string of the molecule is CCC(C)OC(=O)C(P=O)(C(=O)c1c(C)cc(C)cc1C)C1CCCCC1. The molecule has 1 aromatic carbocycles. The van der Waals surface area contributed by atoms with Crippen molar-refractivity contribution in [1.82, 2.24) is 0 Å². The van der Waals surface area contributed by atoms with E-state index in [9.17, 15) is 14.2 Å². The zero-order valence-corrected chi connectivity index (χ0v) is 18.0. The summed E-state index contributed by atoms with van der Waals surface area (Å²) in [5.74, 6) is -1.24. The number of Topliss-reactive ketones (excluding diaryl/α,β-unsaturated/α-hetero) is 1. The maximum absolute atomic E-state index is 13.8. The molecule has 1 aliphatic carbocycles. The van der Waals surface area contributed by atoms with Gasteiger partial charge in [0.2, 0.25) is 5.16 Å². The number of aryl methyl sites for hydroxylation is 3. The van der Waals surface area contributed by atoms with Crippen molar-refractivity contribution in [3.8, 4) is 0 Å². The van der Waals surface area contributed by atoms with Gasteiger partial charge in [0.25, 0.3) is 0 Å². The highest BCUT2D eigenvalue weighted by atomic mass is 31.1. The zero-order valence-electron chi connectivity index (χ0n) is 17.1. The van der Waals surface area contributed by atoms with Gasteiger partial charge in [0.05, 0.1) is 6.10 Å². The van der Waals surface area contributed by atoms with Gasteiger partial charge >= 0.3 is 5.97 Å². The van der Waals surface area contributed by atoms with Crippen LogP contribution in [0.2, 0.25) is 0 Å². The third kappa shape index (κ3) is 4.32. The van der Waals surface area contributed by atoms with Crippen LogP contribution in [0.1, 0.15) is 79.4 Å². The van der Waals surface area contributed by atoms with Gasteiger partial charge in [-0.05, 0) is 64.0 Å². The van der Waals surface area contributed by atoms with E-state index < -0.39 is 19.6 Å². The summed E-state index contributed by atoms with van der Waals surface area (Å²) in [5, 5.41) is -1.64. The third-order valence-corrected chi connectivity index (χ3v) is 6.82. The van der Waals surface area contributed by atoms with Crippen LogP contribution in [-0.2, 0) is 14.1 Å². The Morgan fingerprint density at radius 2 is 1.70 bits per heavy atom. The largest absolute Gasteiger partial charge is 0.461 e. The Labute approximate surface area is 164 Å². The van der Waals surface area contributed by atoms with Crippen molar-refractivity contribution >= 4 is 20.2 Å². The lowest BCUT2D eigenvalue weighted by molar-refractivity contribution is -0.151. The standard InChI is InChI=1S/C22H31O4P/c1-6-17(5)26-21(24)22(27-25,18-10-8-7-9-11-18)20(23)19-15(3)12-14(2)13-16(19)4/h12-13,17-18H,6-11H2,1-5H3. The molecule has 0 heterocycles.